The van der Waals surface area contributed by atoms with E-state index in [4.69, 9.17) is 9.84 Å². The van der Waals surface area contributed by atoms with Crippen molar-refractivity contribution in [2.24, 2.45) is 0 Å². The number of carbonyl (C=O) groups excluding carboxylic acids is 1. The molecule has 2 N–H and O–H groups in total. The van der Waals surface area contributed by atoms with Crippen molar-refractivity contribution in [2.45, 2.75) is 38.8 Å². The minimum absolute atomic E-state index is 0.0165. The fourth-order valence-corrected chi connectivity index (χ4v) is 1.90. The standard InChI is InChI=1S/C12H22N2O4/c1-12(2,3)13-10(15)8-14-4-5-18-9(7-14)6-11(16)17/h9H,4-8H2,1-3H3,(H,13,15)(H,16,17). The molecule has 6 heteroatoms. The topological polar surface area (TPSA) is 78.9 Å². The van der Waals surface area contributed by atoms with Crippen LogP contribution in [0.1, 0.15) is 27.2 Å². The van der Waals surface area contributed by atoms with Crippen LogP contribution in [-0.4, -0.2) is 59.8 Å². The zero-order valence-electron chi connectivity index (χ0n) is 11.2. The average molecular weight is 258 g/mol. The summed E-state index contributed by atoms with van der Waals surface area (Å²) < 4.78 is 5.35. The summed E-state index contributed by atoms with van der Waals surface area (Å²) in [5, 5.41) is 11.6. The van der Waals surface area contributed by atoms with Gasteiger partial charge in [-0.1, -0.05) is 0 Å². The number of carbonyl (C=O) groups is 2. The van der Waals surface area contributed by atoms with Crippen LogP contribution in [0.25, 0.3) is 0 Å². The highest BCUT2D eigenvalue weighted by atomic mass is 16.5. The van der Waals surface area contributed by atoms with E-state index in [1.165, 1.54) is 0 Å². The predicted molar refractivity (Wildman–Crippen MR) is 66.3 cm³/mol. The molecule has 1 saturated heterocycles. The summed E-state index contributed by atoms with van der Waals surface area (Å²) in [6, 6.07) is 0. The number of carboxylic acids is 1. The van der Waals surface area contributed by atoms with E-state index in [-0.39, 0.29) is 30.5 Å². The molecule has 0 aromatic rings. The molecule has 1 atom stereocenters. The summed E-state index contributed by atoms with van der Waals surface area (Å²) in [5.41, 5.74) is -0.246. The number of rotatable bonds is 4. The van der Waals surface area contributed by atoms with Gasteiger partial charge in [0.15, 0.2) is 0 Å². The number of nitrogens with zero attached hydrogens (tertiary/aromatic N) is 1. The smallest absolute Gasteiger partial charge is 0.306 e. The lowest BCUT2D eigenvalue weighted by molar-refractivity contribution is -0.142. The van der Waals surface area contributed by atoms with Crippen molar-refractivity contribution in [3.63, 3.8) is 0 Å². The van der Waals surface area contributed by atoms with Crippen molar-refractivity contribution in [1.29, 1.82) is 0 Å². The molecule has 0 aromatic carbocycles. The zero-order valence-corrected chi connectivity index (χ0v) is 11.2. The number of hydrogen-bond donors (Lipinski definition) is 2. The lowest BCUT2D eigenvalue weighted by Crippen LogP contribution is -2.50. The van der Waals surface area contributed by atoms with Crippen LogP contribution < -0.4 is 5.32 Å². The molecule has 1 rings (SSSR count). The number of amides is 1. The fraction of sp³-hybridized carbons (Fsp3) is 0.833. The van der Waals surface area contributed by atoms with E-state index in [2.05, 4.69) is 5.32 Å². The van der Waals surface area contributed by atoms with Gasteiger partial charge in [0, 0.05) is 18.6 Å². The maximum Gasteiger partial charge on any atom is 0.306 e. The monoisotopic (exact) mass is 258 g/mol. The Morgan fingerprint density at radius 2 is 2.11 bits per heavy atom. The van der Waals surface area contributed by atoms with Crippen LogP contribution in [0.5, 0.6) is 0 Å². The molecule has 1 amide bonds. The molecular formula is C12H22N2O4. The van der Waals surface area contributed by atoms with Crippen molar-refractivity contribution in [3.05, 3.63) is 0 Å². The Balaban J connectivity index is 2.38. The van der Waals surface area contributed by atoms with Crippen LogP contribution in [0, 0.1) is 0 Å². The van der Waals surface area contributed by atoms with E-state index in [9.17, 15) is 9.59 Å². The van der Waals surface area contributed by atoms with Gasteiger partial charge in [0.05, 0.1) is 25.7 Å². The van der Waals surface area contributed by atoms with Crippen molar-refractivity contribution in [3.8, 4) is 0 Å². The minimum Gasteiger partial charge on any atom is -0.481 e. The molecule has 0 aromatic heterocycles. The second kappa shape index (κ2) is 6.15. The number of ether oxygens (including phenoxy) is 1. The van der Waals surface area contributed by atoms with Gasteiger partial charge in [0.2, 0.25) is 5.91 Å². The SMILES string of the molecule is CC(C)(C)NC(=O)CN1CCOC(CC(=O)O)C1. The summed E-state index contributed by atoms with van der Waals surface area (Å²) >= 11 is 0. The van der Waals surface area contributed by atoms with E-state index in [1.54, 1.807) is 0 Å². The summed E-state index contributed by atoms with van der Waals surface area (Å²) in [7, 11) is 0. The van der Waals surface area contributed by atoms with E-state index in [1.807, 2.05) is 25.7 Å². The Labute approximate surface area is 107 Å². The van der Waals surface area contributed by atoms with Gasteiger partial charge in [-0.2, -0.15) is 0 Å². The van der Waals surface area contributed by atoms with E-state index in [0.29, 0.717) is 19.7 Å². The van der Waals surface area contributed by atoms with E-state index in [0.717, 1.165) is 0 Å². The first-order valence-corrected chi connectivity index (χ1v) is 6.13. The number of hydrogen-bond acceptors (Lipinski definition) is 4. The van der Waals surface area contributed by atoms with Gasteiger partial charge in [-0.3, -0.25) is 14.5 Å². The lowest BCUT2D eigenvalue weighted by Gasteiger charge is -2.32. The number of morpholine rings is 1. The highest BCUT2D eigenvalue weighted by molar-refractivity contribution is 5.78. The molecule has 1 aliphatic heterocycles. The first-order valence-electron chi connectivity index (χ1n) is 6.13. The van der Waals surface area contributed by atoms with E-state index >= 15 is 0 Å². The Hall–Kier alpha value is -1.14. The number of carboxylic acid groups (broad SMARTS) is 1. The Morgan fingerprint density at radius 3 is 2.67 bits per heavy atom. The number of nitrogens with one attached hydrogen (secondary N) is 1. The van der Waals surface area contributed by atoms with Crippen molar-refractivity contribution in [1.82, 2.24) is 10.2 Å². The summed E-state index contributed by atoms with van der Waals surface area (Å²) in [4.78, 5) is 24.3. The molecule has 18 heavy (non-hydrogen) atoms. The second-order valence-corrected chi connectivity index (χ2v) is 5.62. The Kier molecular flexibility index (Phi) is 5.10. The van der Waals surface area contributed by atoms with Crippen LogP contribution in [0.3, 0.4) is 0 Å². The van der Waals surface area contributed by atoms with Crippen LogP contribution >= 0.6 is 0 Å². The molecule has 104 valence electrons. The molecule has 0 radical (unpaired) electrons. The highest BCUT2D eigenvalue weighted by Crippen LogP contribution is 2.08. The van der Waals surface area contributed by atoms with Crippen molar-refractivity contribution >= 4 is 11.9 Å². The first-order chi connectivity index (χ1) is 8.26. The molecule has 1 aliphatic rings. The highest BCUT2D eigenvalue weighted by Gasteiger charge is 2.25. The molecular weight excluding hydrogens is 236 g/mol. The molecule has 1 unspecified atom stereocenters. The third kappa shape index (κ3) is 5.97. The van der Waals surface area contributed by atoms with Crippen LogP contribution in [0.4, 0.5) is 0 Å². The molecule has 0 bridgehead atoms. The fourth-order valence-electron chi connectivity index (χ4n) is 1.90. The van der Waals surface area contributed by atoms with Gasteiger partial charge in [0.25, 0.3) is 0 Å². The first kappa shape index (κ1) is 14.9. The average Bonchev–Trinajstić information content (AvgIpc) is 2.13. The zero-order chi connectivity index (χ0) is 13.8. The van der Waals surface area contributed by atoms with E-state index < -0.39 is 5.97 Å². The van der Waals surface area contributed by atoms with Gasteiger partial charge < -0.3 is 15.2 Å². The maximum absolute atomic E-state index is 11.7. The van der Waals surface area contributed by atoms with Crippen molar-refractivity contribution in [2.75, 3.05) is 26.2 Å². The minimum atomic E-state index is -0.874. The third-order valence-corrected chi connectivity index (χ3v) is 2.51. The molecule has 1 fully saturated rings. The molecule has 6 nitrogen and oxygen atoms in total. The predicted octanol–water partition coefficient (Wildman–Crippen LogP) is 0.0766. The van der Waals surface area contributed by atoms with Crippen LogP contribution in [0.2, 0.25) is 0 Å². The molecule has 0 saturated carbocycles. The summed E-state index contributed by atoms with van der Waals surface area (Å²) in [6.07, 6.45) is -0.337. The lowest BCUT2D eigenvalue weighted by atomic mass is 10.1. The Bertz CT molecular complexity index is 312. The Morgan fingerprint density at radius 1 is 1.44 bits per heavy atom. The molecule has 0 aliphatic carbocycles. The normalized spacial score (nSPS) is 21.6. The summed E-state index contributed by atoms with van der Waals surface area (Å²) in [5.74, 6) is -0.917. The van der Waals surface area contributed by atoms with Gasteiger partial charge in [-0.25, -0.2) is 0 Å². The van der Waals surface area contributed by atoms with Gasteiger partial charge in [-0.15, -0.1) is 0 Å². The molecule has 1 heterocycles. The van der Waals surface area contributed by atoms with Crippen LogP contribution in [0.15, 0.2) is 0 Å². The van der Waals surface area contributed by atoms with Gasteiger partial charge in [0.1, 0.15) is 0 Å². The van der Waals surface area contributed by atoms with Crippen LogP contribution in [-0.2, 0) is 14.3 Å². The van der Waals surface area contributed by atoms with Gasteiger partial charge >= 0.3 is 5.97 Å². The largest absolute Gasteiger partial charge is 0.481 e. The second-order valence-electron chi connectivity index (χ2n) is 5.62. The maximum atomic E-state index is 11.7. The van der Waals surface area contributed by atoms with Crippen molar-refractivity contribution < 1.29 is 19.4 Å². The molecule has 0 spiro atoms. The van der Waals surface area contributed by atoms with Gasteiger partial charge in [-0.05, 0) is 20.8 Å². The quantitative estimate of drug-likeness (QED) is 0.746. The third-order valence-electron chi connectivity index (χ3n) is 2.51. The number of aliphatic carboxylic acids is 1. The summed E-state index contributed by atoms with van der Waals surface area (Å²) in [6.45, 7) is 7.70.